The zero-order chi connectivity index (χ0) is 21.7. The molecule has 6 nitrogen and oxygen atoms in total. The van der Waals surface area contributed by atoms with E-state index in [1.54, 1.807) is 49.6 Å². The number of carbonyl (C=O) groups excluding carboxylic acids is 1. The lowest BCUT2D eigenvalue weighted by Gasteiger charge is -2.16. The zero-order valence-electron chi connectivity index (χ0n) is 16.4. The second kappa shape index (κ2) is 9.19. The summed E-state index contributed by atoms with van der Waals surface area (Å²) >= 11 is 6.12. The summed E-state index contributed by atoms with van der Waals surface area (Å²) in [6.45, 7) is 1.84. The normalized spacial score (nSPS) is 12.1. The molecule has 0 aliphatic heterocycles. The topological polar surface area (TPSA) is 84.5 Å². The number of halogens is 1. The van der Waals surface area contributed by atoms with Gasteiger partial charge in [0.1, 0.15) is 10.6 Å². The molecule has 1 amide bonds. The molecule has 0 radical (unpaired) electrons. The van der Waals surface area contributed by atoms with E-state index in [1.807, 2.05) is 19.1 Å². The number of methoxy groups -OCH3 is 1. The number of hydrogen-bond donors (Lipinski definition) is 2. The van der Waals surface area contributed by atoms with Crippen LogP contribution in [0, 0.1) is 0 Å². The second-order valence-corrected chi connectivity index (χ2v) is 8.64. The monoisotopic (exact) mass is 444 g/mol. The highest BCUT2D eigenvalue weighted by atomic mass is 35.5. The van der Waals surface area contributed by atoms with Gasteiger partial charge in [-0.1, -0.05) is 41.9 Å². The predicted molar refractivity (Wildman–Crippen MR) is 118 cm³/mol. The van der Waals surface area contributed by atoms with E-state index in [1.165, 1.54) is 18.2 Å². The van der Waals surface area contributed by atoms with Crippen molar-refractivity contribution in [1.82, 2.24) is 5.32 Å². The van der Waals surface area contributed by atoms with E-state index in [2.05, 4.69) is 10.0 Å². The van der Waals surface area contributed by atoms with Crippen molar-refractivity contribution in [2.75, 3.05) is 11.8 Å². The summed E-state index contributed by atoms with van der Waals surface area (Å²) in [6, 6.07) is 19.6. The SMILES string of the molecule is COc1ccc([C@H](C)NC(=O)c2ccc(Cl)c(S(=O)(=O)Nc3ccccc3)c2)cc1. The maximum Gasteiger partial charge on any atom is 0.263 e. The van der Waals surface area contributed by atoms with Gasteiger partial charge in [-0.05, 0) is 55.0 Å². The standard InChI is InChI=1S/C22H21ClN2O4S/c1-15(16-8-11-19(29-2)12-9-16)24-22(26)17-10-13-20(23)21(14-17)30(27,28)25-18-6-4-3-5-7-18/h3-15,25H,1-2H3,(H,24,26)/t15-/m0/s1. The van der Waals surface area contributed by atoms with Gasteiger partial charge >= 0.3 is 0 Å². The van der Waals surface area contributed by atoms with Crippen molar-refractivity contribution in [2.24, 2.45) is 0 Å². The van der Waals surface area contributed by atoms with Crippen LogP contribution in [0.4, 0.5) is 5.69 Å². The van der Waals surface area contributed by atoms with E-state index in [4.69, 9.17) is 16.3 Å². The molecule has 3 aromatic carbocycles. The van der Waals surface area contributed by atoms with Gasteiger partial charge in [-0.15, -0.1) is 0 Å². The number of amides is 1. The Bertz CT molecular complexity index is 1130. The highest BCUT2D eigenvalue weighted by Gasteiger charge is 2.21. The Kier molecular flexibility index (Phi) is 6.64. The first kappa shape index (κ1) is 21.7. The summed E-state index contributed by atoms with van der Waals surface area (Å²) in [4.78, 5) is 12.5. The molecule has 3 rings (SSSR count). The van der Waals surface area contributed by atoms with Crippen LogP contribution in [0.25, 0.3) is 0 Å². The Morgan fingerprint density at radius 2 is 1.67 bits per heavy atom. The Labute approximate surface area is 180 Å². The third-order valence-electron chi connectivity index (χ3n) is 4.47. The minimum absolute atomic E-state index is 0.0261. The van der Waals surface area contributed by atoms with Crippen LogP contribution in [0.3, 0.4) is 0 Å². The van der Waals surface area contributed by atoms with Gasteiger partial charge in [-0.2, -0.15) is 0 Å². The molecule has 156 valence electrons. The quantitative estimate of drug-likeness (QED) is 0.556. The maximum atomic E-state index is 12.8. The van der Waals surface area contributed by atoms with Gasteiger partial charge < -0.3 is 10.1 Å². The third-order valence-corrected chi connectivity index (χ3v) is 6.34. The number of ether oxygens (including phenoxy) is 1. The lowest BCUT2D eigenvalue weighted by Crippen LogP contribution is -2.27. The van der Waals surface area contributed by atoms with Gasteiger partial charge in [0.15, 0.2) is 0 Å². The van der Waals surface area contributed by atoms with E-state index in [-0.39, 0.29) is 21.5 Å². The number of benzene rings is 3. The lowest BCUT2D eigenvalue weighted by atomic mass is 10.1. The van der Waals surface area contributed by atoms with E-state index >= 15 is 0 Å². The fraction of sp³-hybridized carbons (Fsp3) is 0.136. The smallest absolute Gasteiger partial charge is 0.263 e. The number of anilines is 1. The zero-order valence-corrected chi connectivity index (χ0v) is 18.0. The third kappa shape index (κ3) is 5.11. The van der Waals surface area contributed by atoms with Crippen LogP contribution in [0.2, 0.25) is 5.02 Å². The highest BCUT2D eigenvalue weighted by molar-refractivity contribution is 7.92. The summed E-state index contributed by atoms with van der Waals surface area (Å²) in [5.74, 6) is 0.307. The van der Waals surface area contributed by atoms with Crippen molar-refractivity contribution in [1.29, 1.82) is 0 Å². The van der Waals surface area contributed by atoms with Crippen molar-refractivity contribution < 1.29 is 17.9 Å². The number of rotatable bonds is 7. The molecule has 0 saturated carbocycles. The molecule has 3 aromatic rings. The van der Waals surface area contributed by atoms with Crippen molar-refractivity contribution in [3.05, 3.63) is 88.9 Å². The first-order chi connectivity index (χ1) is 14.3. The highest BCUT2D eigenvalue weighted by Crippen LogP contribution is 2.25. The minimum atomic E-state index is -3.96. The average molecular weight is 445 g/mol. The van der Waals surface area contributed by atoms with Crippen molar-refractivity contribution in [3.63, 3.8) is 0 Å². The summed E-state index contributed by atoms with van der Waals surface area (Å²) in [5.41, 5.74) is 1.47. The molecule has 8 heteroatoms. The second-order valence-electron chi connectivity index (χ2n) is 6.59. The average Bonchev–Trinajstić information content (AvgIpc) is 2.74. The van der Waals surface area contributed by atoms with Gasteiger partial charge in [-0.3, -0.25) is 9.52 Å². The molecule has 0 fully saturated rings. The van der Waals surface area contributed by atoms with Crippen LogP contribution in [-0.2, 0) is 10.0 Å². The van der Waals surface area contributed by atoms with Crippen molar-refractivity contribution >= 4 is 33.2 Å². The van der Waals surface area contributed by atoms with Gasteiger partial charge in [0, 0.05) is 11.3 Å². The summed E-state index contributed by atoms with van der Waals surface area (Å²) in [5, 5.41) is 2.89. The van der Waals surface area contributed by atoms with Crippen LogP contribution >= 0.6 is 11.6 Å². The van der Waals surface area contributed by atoms with E-state index < -0.39 is 15.9 Å². The molecule has 0 bridgehead atoms. The number of hydrogen-bond acceptors (Lipinski definition) is 4. The molecule has 0 aromatic heterocycles. The molecule has 0 aliphatic rings. The van der Waals surface area contributed by atoms with Crippen LogP contribution in [-0.4, -0.2) is 21.4 Å². The van der Waals surface area contributed by atoms with Gasteiger partial charge in [0.2, 0.25) is 0 Å². The minimum Gasteiger partial charge on any atom is -0.497 e. The van der Waals surface area contributed by atoms with E-state index in [0.717, 1.165) is 11.3 Å². The molecule has 0 spiro atoms. The van der Waals surface area contributed by atoms with Crippen molar-refractivity contribution in [3.8, 4) is 5.75 Å². The predicted octanol–water partition coefficient (Wildman–Crippen LogP) is 4.64. The first-order valence-corrected chi connectivity index (χ1v) is 11.0. The van der Waals surface area contributed by atoms with Crippen molar-refractivity contribution in [2.45, 2.75) is 17.9 Å². The summed E-state index contributed by atoms with van der Waals surface area (Å²) in [6.07, 6.45) is 0. The number of para-hydroxylation sites is 1. The molecule has 0 unspecified atom stereocenters. The van der Waals surface area contributed by atoms with E-state index in [0.29, 0.717) is 5.69 Å². The maximum absolute atomic E-state index is 12.8. The molecule has 2 N–H and O–H groups in total. The fourth-order valence-corrected chi connectivity index (χ4v) is 4.41. The Hall–Kier alpha value is -3.03. The molecule has 30 heavy (non-hydrogen) atoms. The molecule has 0 heterocycles. The van der Waals surface area contributed by atoms with Crippen LogP contribution in [0.1, 0.15) is 28.9 Å². The number of nitrogens with one attached hydrogen (secondary N) is 2. The molecule has 1 atom stereocenters. The largest absolute Gasteiger partial charge is 0.497 e. The Balaban J connectivity index is 1.80. The van der Waals surface area contributed by atoms with Crippen LogP contribution in [0.5, 0.6) is 5.75 Å². The van der Waals surface area contributed by atoms with E-state index in [9.17, 15) is 13.2 Å². The van der Waals surface area contributed by atoms with Gasteiger partial charge in [-0.25, -0.2) is 8.42 Å². The summed E-state index contributed by atoms with van der Waals surface area (Å²) in [7, 11) is -2.38. The van der Waals surface area contributed by atoms with Gasteiger partial charge in [0.25, 0.3) is 15.9 Å². The Morgan fingerprint density at radius 1 is 1.00 bits per heavy atom. The lowest BCUT2D eigenvalue weighted by molar-refractivity contribution is 0.0939. The molecular formula is C22H21ClN2O4S. The van der Waals surface area contributed by atoms with Crippen LogP contribution < -0.4 is 14.8 Å². The fourth-order valence-electron chi connectivity index (χ4n) is 2.82. The number of sulfonamides is 1. The summed E-state index contributed by atoms with van der Waals surface area (Å²) < 4.78 is 33.1. The molecular weight excluding hydrogens is 424 g/mol. The van der Waals surface area contributed by atoms with Crippen LogP contribution in [0.15, 0.2) is 77.7 Å². The van der Waals surface area contributed by atoms with Gasteiger partial charge in [0.05, 0.1) is 18.2 Å². The first-order valence-electron chi connectivity index (χ1n) is 9.12. The molecule has 0 aliphatic carbocycles. The molecule has 0 saturated heterocycles. The Morgan fingerprint density at radius 3 is 2.30 bits per heavy atom. The number of carbonyl (C=O) groups is 1.